The van der Waals surface area contributed by atoms with Crippen LogP contribution in [0.2, 0.25) is 0 Å². The molecule has 0 unspecified atom stereocenters. The molecule has 1 aliphatic heterocycles. The van der Waals surface area contributed by atoms with Crippen LogP contribution in [0.4, 0.5) is 0 Å². The molecule has 0 spiro atoms. The van der Waals surface area contributed by atoms with E-state index in [0.717, 1.165) is 5.56 Å². The lowest BCUT2D eigenvalue weighted by Gasteiger charge is -2.26. The Bertz CT molecular complexity index is 821. The van der Waals surface area contributed by atoms with Crippen molar-refractivity contribution in [3.8, 4) is 0 Å². The molecule has 148 valence electrons. The minimum atomic E-state index is -3.11. The largest absolute Gasteiger partial charge is 0.454 e. The Morgan fingerprint density at radius 3 is 2.63 bits per heavy atom. The van der Waals surface area contributed by atoms with Gasteiger partial charge >= 0.3 is 5.97 Å². The average molecular weight is 396 g/mol. The Morgan fingerprint density at radius 2 is 2.04 bits per heavy atom. The summed E-state index contributed by atoms with van der Waals surface area (Å²) in [4.78, 5) is 37.4. The molecule has 0 saturated carbocycles. The Balaban J connectivity index is 1.78. The molecule has 1 aromatic carbocycles. The zero-order chi connectivity index (χ0) is 20.0. The maximum absolute atomic E-state index is 12.2. The number of likely N-dealkylation sites (N-methyl/N-ethyl adjacent to an activating group) is 1. The van der Waals surface area contributed by atoms with Gasteiger partial charge in [0.05, 0.1) is 11.5 Å². The summed E-state index contributed by atoms with van der Waals surface area (Å²) in [5, 5.41) is 2.44. The van der Waals surface area contributed by atoms with E-state index in [1.807, 2.05) is 13.0 Å². The molecule has 1 fully saturated rings. The van der Waals surface area contributed by atoms with Gasteiger partial charge in [-0.25, -0.2) is 8.42 Å². The second kappa shape index (κ2) is 8.98. The predicted octanol–water partition coefficient (Wildman–Crippen LogP) is 0.304. The van der Waals surface area contributed by atoms with Crippen molar-refractivity contribution in [3.05, 3.63) is 35.4 Å². The van der Waals surface area contributed by atoms with E-state index < -0.39 is 34.2 Å². The molecule has 1 atom stereocenters. The number of hydrogen-bond donors (Lipinski definition) is 1. The summed E-state index contributed by atoms with van der Waals surface area (Å²) in [6, 6.07) is 6.53. The molecular formula is C18H24N2O6S. The van der Waals surface area contributed by atoms with E-state index in [-0.39, 0.29) is 24.1 Å². The van der Waals surface area contributed by atoms with E-state index >= 15 is 0 Å². The topological polar surface area (TPSA) is 110 Å². The molecule has 1 aromatic rings. The third-order valence-electron chi connectivity index (χ3n) is 4.34. The molecule has 0 radical (unpaired) electrons. The Morgan fingerprint density at radius 1 is 1.30 bits per heavy atom. The van der Waals surface area contributed by atoms with Crippen LogP contribution in [0.15, 0.2) is 24.3 Å². The number of carbonyl (C=O) groups is 3. The molecule has 1 heterocycles. The second-order valence-corrected chi connectivity index (χ2v) is 8.68. The van der Waals surface area contributed by atoms with E-state index in [9.17, 15) is 22.8 Å². The zero-order valence-corrected chi connectivity index (χ0v) is 16.3. The first kappa shape index (κ1) is 20.9. The van der Waals surface area contributed by atoms with Crippen molar-refractivity contribution in [3.63, 3.8) is 0 Å². The highest BCUT2D eigenvalue weighted by Crippen LogP contribution is 2.17. The molecule has 9 heteroatoms. The lowest BCUT2D eigenvalue weighted by molar-refractivity contribution is -0.151. The molecular weight excluding hydrogens is 372 g/mol. The number of esters is 1. The van der Waals surface area contributed by atoms with Crippen molar-refractivity contribution in [1.82, 2.24) is 10.2 Å². The van der Waals surface area contributed by atoms with Crippen molar-refractivity contribution < 1.29 is 27.5 Å². The summed E-state index contributed by atoms with van der Waals surface area (Å²) < 4.78 is 28.1. The highest BCUT2D eigenvalue weighted by atomic mass is 32.2. The highest BCUT2D eigenvalue weighted by molar-refractivity contribution is 7.91. The number of hydrogen-bond acceptors (Lipinski definition) is 6. The fourth-order valence-corrected chi connectivity index (χ4v) is 4.71. The van der Waals surface area contributed by atoms with E-state index in [1.54, 1.807) is 25.1 Å². The van der Waals surface area contributed by atoms with Crippen LogP contribution in [0, 0.1) is 6.92 Å². The molecule has 0 aromatic heterocycles. The molecule has 2 amide bonds. The number of nitrogens with zero attached hydrogens (tertiary/aromatic N) is 1. The van der Waals surface area contributed by atoms with Gasteiger partial charge in [-0.05, 0) is 32.4 Å². The maximum Gasteiger partial charge on any atom is 0.325 e. The first-order chi connectivity index (χ1) is 12.7. The summed E-state index contributed by atoms with van der Waals surface area (Å²) in [7, 11) is -3.11. The van der Waals surface area contributed by atoms with Crippen LogP contribution < -0.4 is 5.32 Å². The lowest BCUT2D eigenvalue weighted by Crippen LogP contribution is -2.43. The number of benzene rings is 1. The fraction of sp³-hybridized carbons (Fsp3) is 0.500. The number of sulfone groups is 1. The lowest BCUT2D eigenvalue weighted by atomic mass is 10.1. The van der Waals surface area contributed by atoms with Gasteiger partial charge in [0.1, 0.15) is 6.54 Å². The van der Waals surface area contributed by atoms with E-state index in [2.05, 4.69) is 5.32 Å². The van der Waals surface area contributed by atoms with Crippen LogP contribution in [-0.2, 0) is 24.2 Å². The fourth-order valence-electron chi connectivity index (χ4n) is 2.98. The van der Waals surface area contributed by atoms with Crippen LogP contribution >= 0.6 is 0 Å². The summed E-state index contributed by atoms with van der Waals surface area (Å²) in [5.74, 6) is -1.59. The molecule has 0 bridgehead atoms. The molecule has 2 rings (SSSR count). The summed E-state index contributed by atoms with van der Waals surface area (Å²) in [6.07, 6.45) is 0.391. The minimum absolute atomic E-state index is 0.0617. The number of ether oxygens (including phenoxy) is 1. The zero-order valence-electron chi connectivity index (χ0n) is 15.4. The van der Waals surface area contributed by atoms with Gasteiger partial charge in [0.15, 0.2) is 16.4 Å². The van der Waals surface area contributed by atoms with Crippen LogP contribution in [-0.4, -0.2) is 68.3 Å². The summed E-state index contributed by atoms with van der Waals surface area (Å²) in [6.45, 7) is 3.09. The van der Waals surface area contributed by atoms with Gasteiger partial charge in [0.25, 0.3) is 11.8 Å². The number of rotatable bonds is 7. The monoisotopic (exact) mass is 396 g/mol. The summed E-state index contributed by atoms with van der Waals surface area (Å²) in [5.41, 5.74) is 1.35. The first-order valence-electron chi connectivity index (χ1n) is 8.72. The van der Waals surface area contributed by atoms with E-state index in [4.69, 9.17) is 4.74 Å². The van der Waals surface area contributed by atoms with Gasteiger partial charge in [-0.2, -0.15) is 0 Å². The van der Waals surface area contributed by atoms with Gasteiger partial charge in [-0.1, -0.05) is 17.7 Å². The minimum Gasteiger partial charge on any atom is -0.454 e. The van der Waals surface area contributed by atoms with Crippen LogP contribution in [0.3, 0.4) is 0 Å². The Kier molecular flexibility index (Phi) is 6.95. The highest BCUT2D eigenvalue weighted by Gasteiger charge is 2.34. The molecule has 27 heavy (non-hydrogen) atoms. The van der Waals surface area contributed by atoms with Crippen molar-refractivity contribution in [2.75, 3.05) is 31.2 Å². The van der Waals surface area contributed by atoms with E-state index in [0.29, 0.717) is 18.5 Å². The van der Waals surface area contributed by atoms with E-state index in [1.165, 1.54) is 4.90 Å². The van der Waals surface area contributed by atoms with Gasteiger partial charge in [-0.3, -0.25) is 14.4 Å². The van der Waals surface area contributed by atoms with Crippen molar-refractivity contribution >= 4 is 27.6 Å². The van der Waals surface area contributed by atoms with Gasteiger partial charge in [-0.15, -0.1) is 0 Å². The third kappa shape index (κ3) is 6.06. The number of carbonyl (C=O) groups excluding carboxylic acids is 3. The van der Waals surface area contributed by atoms with Gasteiger partial charge < -0.3 is 15.0 Å². The standard InChI is InChI=1S/C18H24N2O6S/c1-3-20(15-7-8-27(24,25)12-15)16(21)11-26-17(22)10-19-18(23)14-6-4-5-13(2)9-14/h4-6,9,15H,3,7-8,10-12H2,1-2H3,(H,19,23)/t15-/m1/s1. The van der Waals surface area contributed by atoms with Crippen molar-refractivity contribution in [2.45, 2.75) is 26.3 Å². The second-order valence-electron chi connectivity index (χ2n) is 6.45. The molecule has 0 aliphatic carbocycles. The van der Waals surface area contributed by atoms with Crippen molar-refractivity contribution in [1.29, 1.82) is 0 Å². The van der Waals surface area contributed by atoms with Gasteiger partial charge in [0, 0.05) is 18.2 Å². The maximum atomic E-state index is 12.2. The number of amides is 2. The Hall–Kier alpha value is -2.42. The quantitative estimate of drug-likeness (QED) is 0.664. The first-order valence-corrected chi connectivity index (χ1v) is 10.5. The molecule has 1 aliphatic rings. The Labute approximate surface area is 158 Å². The third-order valence-corrected chi connectivity index (χ3v) is 6.09. The normalized spacial score (nSPS) is 17.9. The molecule has 8 nitrogen and oxygen atoms in total. The average Bonchev–Trinajstić information content (AvgIpc) is 2.98. The predicted molar refractivity (Wildman–Crippen MR) is 98.9 cm³/mol. The number of nitrogens with one attached hydrogen (secondary N) is 1. The van der Waals surface area contributed by atoms with Crippen LogP contribution in [0.1, 0.15) is 29.3 Å². The van der Waals surface area contributed by atoms with Crippen molar-refractivity contribution in [2.24, 2.45) is 0 Å². The van der Waals surface area contributed by atoms with Gasteiger partial charge in [0.2, 0.25) is 0 Å². The molecule has 1 N–H and O–H groups in total. The summed E-state index contributed by atoms with van der Waals surface area (Å²) >= 11 is 0. The molecule has 1 saturated heterocycles. The number of aryl methyl sites for hydroxylation is 1. The van der Waals surface area contributed by atoms with Crippen LogP contribution in [0.25, 0.3) is 0 Å². The van der Waals surface area contributed by atoms with Crippen LogP contribution in [0.5, 0.6) is 0 Å². The SMILES string of the molecule is CCN(C(=O)COC(=O)CNC(=O)c1cccc(C)c1)[C@@H]1CCS(=O)(=O)C1. The smallest absolute Gasteiger partial charge is 0.325 e.